The van der Waals surface area contributed by atoms with E-state index in [9.17, 15) is 13.2 Å². The van der Waals surface area contributed by atoms with Crippen LogP contribution in [0.5, 0.6) is 0 Å². The number of aryl methyl sites for hydroxylation is 2. The Labute approximate surface area is 177 Å². The number of H-pyrrole nitrogens is 1. The van der Waals surface area contributed by atoms with Gasteiger partial charge in [0.2, 0.25) is 5.69 Å². The maximum atomic E-state index is 13.1. The summed E-state index contributed by atoms with van der Waals surface area (Å²) in [6, 6.07) is 17.7. The molecule has 0 fully saturated rings. The molecule has 0 spiro atoms. The zero-order valence-corrected chi connectivity index (χ0v) is 17.1. The smallest absolute Gasteiger partial charge is 0.361 e. The summed E-state index contributed by atoms with van der Waals surface area (Å²) in [6.45, 7) is 4.06. The second-order valence-electron chi connectivity index (χ2n) is 7.95. The number of aromatic nitrogens is 1. The lowest BCUT2D eigenvalue weighted by Gasteiger charge is -2.12. The van der Waals surface area contributed by atoms with E-state index in [1.807, 2.05) is 38.4 Å². The molecule has 1 aliphatic heterocycles. The summed E-state index contributed by atoms with van der Waals surface area (Å²) < 4.78 is 39.4. The minimum absolute atomic E-state index is 0.653. The molecular weight excluding hydrogens is 397 g/mol. The van der Waals surface area contributed by atoms with Crippen molar-refractivity contribution in [3.63, 3.8) is 0 Å². The minimum atomic E-state index is -4.37. The molecule has 0 aliphatic carbocycles. The average Bonchev–Trinajstić information content (AvgIpc) is 3.32. The Kier molecular flexibility index (Phi) is 4.36. The summed E-state index contributed by atoms with van der Waals surface area (Å²) in [5, 5.41) is 1.03. The Morgan fingerprint density at radius 3 is 2.32 bits per heavy atom. The van der Waals surface area contributed by atoms with Crippen LogP contribution in [-0.2, 0) is 6.18 Å². The van der Waals surface area contributed by atoms with Crippen molar-refractivity contribution < 1.29 is 18.2 Å². The van der Waals surface area contributed by atoms with Gasteiger partial charge in [-0.2, -0.15) is 13.2 Å². The number of nitrogens with one attached hydrogen (secondary N) is 2. The molecule has 5 rings (SSSR count). The Hall–Kier alpha value is -3.60. The van der Waals surface area contributed by atoms with E-state index in [0.29, 0.717) is 0 Å². The molecule has 0 unspecified atom stereocenters. The molecule has 0 bridgehead atoms. The van der Waals surface area contributed by atoms with Crippen molar-refractivity contribution >= 4 is 34.0 Å². The lowest BCUT2D eigenvalue weighted by Crippen LogP contribution is -2.58. The number of fused-ring (bicyclic) bond motifs is 2. The van der Waals surface area contributed by atoms with E-state index >= 15 is 0 Å². The molecule has 1 aliphatic rings. The SMILES string of the molecule is Cc1ccc2c(c1)[NH+]=C/C2=C(/c1ccc(C(F)(F)F)cc1)c1c[nH]c2cc(C)ccc12. The molecule has 31 heavy (non-hydrogen) atoms. The van der Waals surface area contributed by atoms with E-state index in [0.717, 1.165) is 67.7 Å². The molecule has 3 aromatic carbocycles. The van der Waals surface area contributed by atoms with Gasteiger partial charge in [0, 0.05) is 34.3 Å². The molecule has 2 nitrogen and oxygen atoms in total. The average molecular weight is 417 g/mol. The normalized spacial score (nSPS) is 14.9. The Bertz CT molecular complexity index is 1370. The molecule has 0 saturated carbocycles. The number of hydrogen-bond donors (Lipinski definition) is 2. The molecule has 154 valence electrons. The van der Waals surface area contributed by atoms with E-state index in [1.54, 1.807) is 12.1 Å². The molecule has 2 heterocycles. The van der Waals surface area contributed by atoms with Crippen LogP contribution in [0.15, 0.2) is 66.9 Å². The van der Waals surface area contributed by atoms with Crippen LogP contribution in [0.25, 0.3) is 22.0 Å². The highest BCUT2D eigenvalue weighted by Gasteiger charge is 2.31. The predicted molar refractivity (Wildman–Crippen MR) is 118 cm³/mol. The molecule has 0 atom stereocenters. The van der Waals surface area contributed by atoms with Gasteiger partial charge in [-0.15, -0.1) is 0 Å². The summed E-state index contributed by atoms with van der Waals surface area (Å²) in [4.78, 5) is 6.65. The van der Waals surface area contributed by atoms with Crippen LogP contribution >= 0.6 is 0 Å². The molecule has 1 aromatic heterocycles. The topological polar surface area (TPSA) is 29.8 Å². The monoisotopic (exact) mass is 417 g/mol. The number of rotatable bonds is 2. The summed E-state index contributed by atoms with van der Waals surface area (Å²) >= 11 is 0. The van der Waals surface area contributed by atoms with Gasteiger partial charge in [0.15, 0.2) is 6.21 Å². The van der Waals surface area contributed by atoms with Crippen LogP contribution in [0.2, 0.25) is 0 Å². The standard InChI is InChI=1S/C26H19F3N2/c1-15-3-9-19-21(13-30-23(19)11-15)25(17-5-7-18(8-6-17)26(27,28)29)22-14-31-24-12-16(2)4-10-20(22)24/h3-14,30H,1-2H3/p+1/b25-22+. The van der Waals surface area contributed by atoms with E-state index in [2.05, 4.69) is 34.2 Å². The molecule has 0 radical (unpaired) electrons. The predicted octanol–water partition coefficient (Wildman–Crippen LogP) is 5.56. The van der Waals surface area contributed by atoms with Crippen molar-refractivity contribution in [2.75, 3.05) is 0 Å². The molecular formula is C26H20F3N2+. The van der Waals surface area contributed by atoms with Gasteiger partial charge in [0.25, 0.3) is 0 Å². The third-order valence-corrected chi connectivity index (χ3v) is 5.71. The summed E-state index contributed by atoms with van der Waals surface area (Å²) in [5.41, 5.74) is 8.17. The lowest BCUT2D eigenvalue weighted by atomic mass is 9.89. The van der Waals surface area contributed by atoms with Crippen LogP contribution in [0.3, 0.4) is 0 Å². The van der Waals surface area contributed by atoms with E-state index < -0.39 is 11.7 Å². The quantitative estimate of drug-likeness (QED) is 0.428. The van der Waals surface area contributed by atoms with E-state index in [4.69, 9.17) is 0 Å². The van der Waals surface area contributed by atoms with Gasteiger partial charge in [-0.05, 0) is 54.8 Å². The number of alkyl halides is 3. The highest BCUT2D eigenvalue weighted by Crippen LogP contribution is 2.39. The van der Waals surface area contributed by atoms with Crippen LogP contribution in [-0.4, -0.2) is 11.2 Å². The second kappa shape index (κ2) is 6.98. The van der Waals surface area contributed by atoms with Crippen molar-refractivity contribution in [1.29, 1.82) is 0 Å². The minimum Gasteiger partial charge on any atom is -0.361 e. The highest BCUT2D eigenvalue weighted by molar-refractivity contribution is 6.24. The van der Waals surface area contributed by atoms with Crippen molar-refractivity contribution in [3.8, 4) is 0 Å². The van der Waals surface area contributed by atoms with Gasteiger partial charge < -0.3 is 4.98 Å². The van der Waals surface area contributed by atoms with Gasteiger partial charge in [0.05, 0.1) is 16.7 Å². The first kappa shape index (κ1) is 19.4. The molecule has 0 saturated heterocycles. The first-order valence-electron chi connectivity index (χ1n) is 10.0. The van der Waals surface area contributed by atoms with Crippen LogP contribution in [0.1, 0.15) is 33.4 Å². The van der Waals surface area contributed by atoms with E-state index in [1.165, 1.54) is 0 Å². The molecule has 0 amide bonds. The van der Waals surface area contributed by atoms with Gasteiger partial charge in [-0.1, -0.05) is 30.3 Å². The first-order valence-corrected chi connectivity index (χ1v) is 10.0. The molecule has 4 aromatic rings. The van der Waals surface area contributed by atoms with Crippen molar-refractivity contribution in [2.45, 2.75) is 20.0 Å². The number of allylic oxidation sites excluding steroid dienone is 1. The van der Waals surface area contributed by atoms with Crippen molar-refractivity contribution in [1.82, 2.24) is 4.98 Å². The zero-order valence-electron chi connectivity index (χ0n) is 17.1. The van der Waals surface area contributed by atoms with Gasteiger partial charge in [-0.25, -0.2) is 4.99 Å². The first-order chi connectivity index (χ1) is 14.8. The summed E-state index contributed by atoms with van der Waals surface area (Å²) in [6.07, 6.45) is -0.496. The van der Waals surface area contributed by atoms with Gasteiger partial charge >= 0.3 is 6.18 Å². The fourth-order valence-electron chi connectivity index (χ4n) is 4.18. The maximum absolute atomic E-state index is 13.1. The largest absolute Gasteiger partial charge is 0.416 e. The van der Waals surface area contributed by atoms with Crippen molar-refractivity contribution in [3.05, 3.63) is 100 Å². The van der Waals surface area contributed by atoms with Gasteiger partial charge in [0.1, 0.15) is 0 Å². The van der Waals surface area contributed by atoms with E-state index in [-0.39, 0.29) is 0 Å². The lowest BCUT2D eigenvalue weighted by molar-refractivity contribution is -0.342. The Balaban J connectivity index is 1.78. The number of benzene rings is 3. The Morgan fingerprint density at radius 2 is 1.58 bits per heavy atom. The number of aromatic amines is 1. The molecule has 5 heteroatoms. The third-order valence-electron chi connectivity index (χ3n) is 5.71. The second-order valence-corrected chi connectivity index (χ2v) is 7.95. The third kappa shape index (κ3) is 3.36. The van der Waals surface area contributed by atoms with Gasteiger partial charge in [-0.3, -0.25) is 0 Å². The fraction of sp³-hybridized carbons (Fsp3) is 0.115. The highest BCUT2D eigenvalue weighted by atomic mass is 19.4. The molecule has 2 N–H and O–H groups in total. The maximum Gasteiger partial charge on any atom is 0.416 e. The van der Waals surface area contributed by atoms with Crippen molar-refractivity contribution in [2.24, 2.45) is 0 Å². The van der Waals surface area contributed by atoms with Crippen LogP contribution in [0, 0.1) is 13.8 Å². The Morgan fingerprint density at radius 1 is 0.871 bits per heavy atom. The summed E-state index contributed by atoms with van der Waals surface area (Å²) in [5.74, 6) is 0. The zero-order chi connectivity index (χ0) is 21.8. The van der Waals surface area contributed by atoms with Crippen LogP contribution in [0.4, 0.5) is 18.9 Å². The fourth-order valence-corrected chi connectivity index (χ4v) is 4.18. The number of halogens is 3. The van der Waals surface area contributed by atoms with Crippen LogP contribution < -0.4 is 4.99 Å². The number of hydrogen-bond acceptors (Lipinski definition) is 0. The summed E-state index contributed by atoms with van der Waals surface area (Å²) in [7, 11) is 0.